The number of hydrogen-bond acceptors (Lipinski definition) is 4. The first-order valence-corrected chi connectivity index (χ1v) is 6.53. The van der Waals surface area contributed by atoms with Crippen LogP contribution in [0.3, 0.4) is 0 Å². The van der Waals surface area contributed by atoms with Gasteiger partial charge in [0.15, 0.2) is 6.04 Å². The summed E-state index contributed by atoms with van der Waals surface area (Å²) in [6, 6.07) is 3.20. The summed E-state index contributed by atoms with van der Waals surface area (Å²) in [5.74, 6) is -1.53. The summed E-state index contributed by atoms with van der Waals surface area (Å²) in [4.78, 5) is 15.2. The number of rotatable bonds is 4. The Morgan fingerprint density at radius 3 is 2.79 bits per heavy atom. The van der Waals surface area contributed by atoms with Crippen LogP contribution in [0.2, 0.25) is 4.34 Å². The molecule has 0 amide bonds. The highest BCUT2D eigenvalue weighted by molar-refractivity contribution is 7.16. The van der Waals surface area contributed by atoms with Gasteiger partial charge < -0.3 is 10.4 Å². The number of aliphatic carboxylic acids is 1. The predicted octanol–water partition coefficient (Wildman–Crippen LogP) is 3.48. The quantitative estimate of drug-likeness (QED) is 0.907. The Labute approximate surface area is 117 Å². The summed E-state index contributed by atoms with van der Waals surface area (Å²) in [6.07, 6.45) is 1.38. The first kappa shape index (κ1) is 13.8. The van der Waals surface area contributed by atoms with Gasteiger partial charge in [-0.15, -0.1) is 11.3 Å². The monoisotopic (exact) mass is 300 g/mol. The van der Waals surface area contributed by atoms with E-state index in [1.54, 1.807) is 13.0 Å². The van der Waals surface area contributed by atoms with Crippen LogP contribution in [0.15, 0.2) is 24.4 Å². The molecule has 0 spiro atoms. The molecule has 1 aromatic heterocycles. The first-order valence-electron chi connectivity index (χ1n) is 5.33. The van der Waals surface area contributed by atoms with Gasteiger partial charge in [-0.3, -0.25) is 0 Å². The van der Waals surface area contributed by atoms with E-state index in [-0.39, 0.29) is 0 Å². The van der Waals surface area contributed by atoms with Gasteiger partial charge in [-0.2, -0.15) is 0 Å². The summed E-state index contributed by atoms with van der Waals surface area (Å²) in [5.41, 5.74) is 1.08. The highest BCUT2D eigenvalue weighted by Gasteiger charge is 2.23. The van der Waals surface area contributed by atoms with Crippen LogP contribution in [0.4, 0.5) is 10.1 Å². The van der Waals surface area contributed by atoms with E-state index < -0.39 is 17.8 Å². The predicted molar refractivity (Wildman–Crippen MR) is 72.3 cm³/mol. The molecule has 2 N–H and O–H groups in total. The average molecular weight is 301 g/mol. The maximum Gasteiger partial charge on any atom is 0.333 e. The molecule has 19 heavy (non-hydrogen) atoms. The molecule has 0 bridgehead atoms. The van der Waals surface area contributed by atoms with Crippen molar-refractivity contribution in [2.45, 2.75) is 13.0 Å². The molecular weight excluding hydrogens is 291 g/mol. The smallest absolute Gasteiger partial charge is 0.333 e. The number of carbonyl (C=O) groups is 1. The van der Waals surface area contributed by atoms with E-state index in [0.717, 1.165) is 11.3 Å². The number of carboxylic acids is 1. The van der Waals surface area contributed by atoms with Gasteiger partial charge in [-0.25, -0.2) is 14.2 Å². The van der Waals surface area contributed by atoms with Gasteiger partial charge in [-0.05, 0) is 30.7 Å². The fourth-order valence-electron chi connectivity index (χ4n) is 1.62. The Balaban J connectivity index is 2.29. The molecule has 1 aromatic carbocycles. The molecule has 4 nitrogen and oxygen atoms in total. The van der Waals surface area contributed by atoms with Gasteiger partial charge in [0.05, 0.1) is 6.20 Å². The lowest BCUT2D eigenvalue weighted by atomic mass is 10.2. The van der Waals surface area contributed by atoms with Crippen molar-refractivity contribution in [2.24, 2.45) is 0 Å². The van der Waals surface area contributed by atoms with E-state index in [1.165, 1.54) is 18.3 Å². The van der Waals surface area contributed by atoms with Crippen LogP contribution in [0.5, 0.6) is 0 Å². The van der Waals surface area contributed by atoms with Crippen molar-refractivity contribution in [3.8, 4) is 0 Å². The highest BCUT2D eigenvalue weighted by atomic mass is 35.5. The molecule has 0 saturated heterocycles. The number of halogens is 2. The zero-order valence-electron chi connectivity index (χ0n) is 9.85. The molecule has 0 aliphatic rings. The van der Waals surface area contributed by atoms with Crippen LogP contribution in [0.25, 0.3) is 0 Å². The van der Waals surface area contributed by atoms with E-state index in [4.69, 9.17) is 11.6 Å². The largest absolute Gasteiger partial charge is 0.479 e. The van der Waals surface area contributed by atoms with Crippen LogP contribution in [0.1, 0.15) is 16.6 Å². The molecule has 0 fully saturated rings. The second-order valence-corrected chi connectivity index (χ2v) is 5.63. The molecule has 1 atom stereocenters. The molecule has 0 aliphatic heterocycles. The maximum absolute atomic E-state index is 13.3. The minimum Gasteiger partial charge on any atom is -0.479 e. The summed E-state index contributed by atoms with van der Waals surface area (Å²) < 4.78 is 13.7. The normalized spacial score (nSPS) is 12.2. The second kappa shape index (κ2) is 5.54. The zero-order valence-corrected chi connectivity index (χ0v) is 11.4. The SMILES string of the molecule is Cc1cc(F)cc(NC(C(=O)O)c2ncc(Cl)s2)c1. The first-order chi connectivity index (χ1) is 8.95. The van der Waals surface area contributed by atoms with E-state index >= 15 is 0 Å². The second-order valence-electron chi connectivity index (χ2n) is 3.94. The average Bonchev–Trinajstić information content (AvgIpc) is 2.70. The van der Waals surface area contributed by atoms with Gasteiger partial charge in [0.1, 0.15) is 15.2 Å². The Kier molecular flexibility index (Phi) is 4.01. The number of thiazole rings is 1. The molecular formula is C12H10ClFN2O2S. The van der Waals surface area contributed by atoms with Crippen molar-refractivity contribution in [1.82, 2.24) is 4.98 Å². The van der Waals surface area contributed by atoms with Crippen molar-refractivity contribution in [3.63, 3.8) is 0 Å². The fourth-order valence-corrected chi connectivity index (χ4v) is 2.59. The Morgan fingerprint density at radius 1 is 1.53 bits per heavy atom. The van der Waals surface area contributed by atoms with E-state index in [2.05, 4.69) is 10.3 Å². The van der Waals surface area contributed by atoms with Crippen LogP contribution < -0.4 is 5.32 Å². The number of carboxylic acid groups (broad SMARTS) is 1. The van der Waals surface area contributed by atoms with Crippen LogP contribution in [-0.4, -0.2) is 16.1 Å². The molecule has 2 rings (SSSR count). The minimum absolute atomic E-state index is 0.319. The number of benzene rings is 1. The molecule has 1 unspecified atom stereocenters. The molecule has 1 heterocycles. The van der Waals surface area contributed by atoms with Crippen molar-refractivity contribution < 1.29 is 14.3 Å². The molecule has 100 valence electrons. The lowest BCUT2D eigenvalue weighted by Gasteiger charge is -2.13. The molecule has 0 saturated carbocycles. The lowest BCUT2D eigenvalue weighted by molar-refractivity contribution is -0.138. The Morgan fingerprint density at radius 2 is 2.26 bits per heavy atom. The maximum atomic E-state index is 13.3. The van der Waals surface area contributed by atoms with Crippen LogP contribution in [0, 0.1) is 12.7 Å². The van der Waals surface area contributed by atoms with E-state index in [1.807, 2.05) is 0 Å². The molecule has 2 aromatic rings. The van der Waals surface area contributed by atoms with Gasteiger partial charge in [-0.1, -0.05) is 11.6 Å². The number of anilines is 1. The van der Waals surface area contributed by atoms with Crippen molar-refractivity contribution >= 4 is 34.6 Å². The van der Waals surface area contributed by atoms with E-state index in [0.29, 0.717) is 20.6 Å². The number of aryl methyl sites for hydroxylation is 1. The summed E-state index contributed by atoms with van der Waals surface area (Å²) in [5, 5.41) is 12.3. The molecule has 7 heteroatoms. The Bertz CT molecular complexity index is 597. The summed E-state index contributed by atoms with van der Waals surface area (Å²) in [7, 11) is 0. The number of nitrogens with one attached hydrogen (secondary N) is 1. The van der Waals surface area contributed by atoms with Gasteiger partial charge in [0.2, 0.25) is 0 Å². The van der Waals surface area contributed by atoms with Crippen molar-refractivity contribution in [3.05, 3.63) is 45.1 Å². The molecule has 0 radical (unpaired) electrons. The van der Waals surface area contributed by atoms with Crippen molar-refractivity contribution in [2.75, 3.05) is 5.32 Å². The third-order valence-corrected chi connectivity index (χ3v) is 3.52. The van der Waals surface area contributed by atoms with E-state index in [9.17, 15) is 14.3 Å². The summed E-state index contributed by atoms with van der Waals surface area (Å²) in [6.45, 7) is 1.73. The third kappa shape index (κ3) is 3.42. The number of aromatic nitrogens is 1. The minimum atomic E-state index is -1.10. The third-order valence-electron chi connectivity index (χ3n) is 2.34. The highest BCUT2D eigenvalue weighted by Crippen LogP contribution is 2.27. The number of hydrogen-bond donors (Lipinski definition) is 2. The fraction of sp³-hybridized carbons (Fsp3) is 0.167. The Hall–Kier alpha value is -1.66. The van der Waals surface area contributed by atoms with Crippen LogP contribution in [-0.2, 0) is 4.79 Å². The summed E-state index contributed by atoms with van der Waals surface area (Å²) >= 11 is 6.81. The zero-order chi connectivity index (χ0) is 14.0. The lowest BCUT2D eigenvalue weighted by Crippen LogP contribution is -2.20. The van der Waals surface area contributed by atoms with Crippen LogP contribution >= 0.6 is 22.9 Å². The topological polar surface area (TPSA) is 62.2 Å². The van der Waals surface area contributed by atoms with Gasteiger partial charge in [0.25, 0.3) is 0 Å². The van der Waals surface area contributed by atoms with Gasteiger partial charge >= 0.3 is 5.97 Å². The molecule has 0 aliphatic carbocycles. The number of nitrogens with zero attached hydrogens (tertiary/aromatic N) is 1. The van der Waals surface area contributed by atoms with Gasteiger partial charge in [0, 0.05) is 5.69 Å². The standard InChI is InChI=1S/C12H10ClFN2O2S/c1-6-2-7(14)4-8(3-6)16-10(12(17)18)11-15-5-9(13)19-11/h2-5,10,16H,1H3,(H,17,18). The van der Waals surface area contributed by atoms with Crippen molar-refractivity contribution in [1.29, 1.82) is 0 Å².